The van der Waals surface area contributed by atoms with Crippen molar-refractivity contribution in [1.82, 2.24) is 10.2 Å². The number of amides is 4. The minimum atomic E-state index is -0.846. The van der Waals surface area contributed by atoms with Crippen molar-refractivity contribution in [3.8, 4) is 5.75 Å². The van der Waals surface area contributed by atoms with Crippen molar-refractivity contribution in [2.75, 3.05) is 18.5 Å². The van der Waals surface area contributed by atoms with Crippen molar-refractivity contribution in [3.05, 3.63) is 99.1 Å². The molecule has 3 aromatic carbocycles. The lowest BCUT2D eigenvalue weighted by atomic mass is 10.1. The number of imide groups is 1. The van der Waals surface area contributed by atoms with Gasteiger partial charge in [0.2, 0.25) is 5.91 Å². The van der Waals surface area contributed by atoms with Crippen LogP contribution in [-0.4, -0.2) is 52.8 Å². The second-order valence-electron chi connectivity index (χ2n) is 8.42. The Labute approximate surface area is 226 Å². The van der Waals surface area contributed by atoms with Crippen LogP contribution in [0.4, 0.5) is 16.2 Å². The van der Waals surface area contributed by atoms with Crippen LogP contribution in [-0.2, 0) is 16.1 Å². The fourth-order valence-corrected chi connectivity index (χ4v) is 3.84. The lowest BCUT2D eigenvalue weighted by Crippen LogP contribution is -2.37. The minimum Gasteiger partial charge on any atom is -0.434 e. The van der Waals surface area contributed by atoms with E-state index in [4.69, 9.17) is 9.47 Å². The highest BCUT2D eigenvalue weighted by Crippen LogP contribution is 2.26. The van der Waals surface area contributed by atoms with E-state index in [2.05, 4.69) is 10.6 Å². The van der Waals surface area contributed by atoms with Gasteiger partial charge >= 0.3 is 6.16 Å². The lowest BCUT2D eigenvalue weighted by molar-refractivity contribution is -0.384. The number of benzene rings is 3. The van der Waals surface area contributed by atoms with Crippen LogP contribution in [0.25, 0.3) is 0 Å². The van der Waals surface area contributed by atoms with Crippen LogP contribution >= 0.6 is 0 Å². The average Bonchev–Trinajstić information content (AvgIpc) is 3.16. The summed E-state index contributed by atoms with van der Waals surface area (Å²) >= 11 is 0. The molecule has 0 saturated heterocycles. The molecular weight excluding hydrogens is 524 g/mol. The van der Waals surface area contributed by atoms with Crippen LogP contribution in [0.5, 0.6) is 5.75 Å². The molecule has 0 radical (unpaired) electrons. The predicted molar refractivity (Wildman–Crippen MR) is 139 cm³/mol. The highest BCUT2D eigenvalue weighted by Gasteiger charge is 2.37. The molecule has 0 bridgehead atoms. The van der Waals surface area contributed by atoms with E-state index in [-0.39, 0.29) is 41.6 Å². The quantitative estimate of drug-likeness (QED) is 0.134. The third kappa shape index (κ3) is 6.27. The molecule has 0 fully saturated rings. The third-order valence-electron chi connectivity index (χ3n) is 5.71. The molecule has 2 N–H and O–H groups in total. The fraction of sp³-hybridized carbons (Fsp3) is 0.148. The summed E-state index contributed by atoms with van der Waals surface area (Å²) in [5.74, 6) is -2.34. The van der Waals surface area contributed by atoms with Crippen LogP contribution in [0, 0.1) is 10.1 Å². The first kappa shape index (κ1) is 27.4. The molecule has 0 saturated carbocycles. The maximum Gasteiger partial charge on any atom is 0.513 e. The summed E-state index contributed by atoms with van der Waals surface area (Å²) in [5, 5.41) is 16.3. The van der Waals surface area contributed by atoms with Crippen molar-refractivity contribution >= 4 is 41.2 Å². The summed E-state index contributed by atoms with van der Waals surface area (Å²) < 4.78 is 9.65. The van der Waals surface area contributed by atoms with Crippen LogP contribution in [0.3, 0.4) is 0 Å². The maximum atomic E-state index is 12.6. The molecule has 3 aromatic rings. The number of non-ortho nitro benzene ring substituents is 1. The molecule has 40 heavy (non-hydrogen) atoms. The van der Waals surface area contributed by atoms with Gasteiger partial charge in [0, 0.05) is 29.9 Å². The number of anilines is 1. The number of nitrogens with one attached hydrogen (secondary N) is 2. The molecule has 13 heteroatoms. The van der Waals surface area contributed by atoms with Crippen molar-refractivity contribution in [1.29, 1.82) is 0 Å². The van der Waals surface area contributed by atoms with Gasteiger partial charge in [-0.1, -0.05) is 12.1 Å². The van der Waals surface area contributed by atoms with E-state index >= 15 is 0 Å². The first-order valence-corrected chi connectivity index (χ1v) is 11.9. The number of nitrogens with zero attached hydrogens (tertiary/aromatic N) is 2. The van der Waals surface area contributed by atoms with E-state index in [1.54, 1.807) is 31.2 Å². The summed E-state index contributed by atoms with van der Waals surface area (Å²) in [6, 6.07) is 15.8. The molecule has 204 valence electrons. The Hall–Kier alpha value is -5.59. The Morgan fingerprint density at radius 1 is 0.950 bits per heavy atom. The van der Waals surface area contributed by atoms with Crippen LogP contribution in [0.1, 0.15) is 43.6 Å². The largest absolute Gasteiger partial charge is 0.513 e. The SMILES string of the molecule is CCOC(=O)Oc1ccc(C(=O)NCc2cccc(NC(=O)CN3C(=O)c4ccc([N+](=O)[O-])cc4C3=O)c2)cc1. The molecule has 13 nitrogen and oxygen atoms in total. The van der Waals surface area contributed by atoms with Gasteiger partial charge in [-0.3, -0.25) is 34.2 Å². The summed E-state index contributed by atoms with van der Waals surface area (Å²) in [4.78, 5) is 72.7. The number of nitro groups is 1. The Bertz CT molecular complexity index is 1520. The first-order chi connectivity index (χ1) is 19.2. The Kier molecular flexibility index (Phi) is 8.13. The van der Waals surface area contributed by atoms with E-state index in [1.807, 2.05) is 0 Å². The highest BCUT2D eigenvalue weighted by molar-refractivity contribution is 6.23. The molecule has 0 aromatic heterocycles. The number of hydrogen-bond donors (Lipinski definition) is 2. The van der Waals surface area contributed by atoms with Crippen molar-refractivity contribution in [2.45, 2.75) is 13.5 Å². The van der Waals surface area contributed by atoms with Crippen LogP contribution < -0.4 is 15.4 Å². The van der Waals surface area contributed by atoms with Crippen LogP contribution in [0.15, 0.2) is 66.7 Å². The Morgan fingerprint density at radius 3 is 2.38 bits per heavy atom. The van der Waals surface area contributed by atoms with Gasteiger partial charge in [0.1, 0.15) is 12.3 Å². The minimum absolute atomic E-state index is 0.0118. The molecule has 4 rings (SSSR count). The molecular formula is C27H22N4O9. The highest BCUT2D eigenvalue weighted by atomic mass is 16.7. The fourth-order valence-electron chi connectivity index (χ4n) is 3.84. The zero-order chi connectivity index (χ0) is 28.8. The third-order valence-corrected chi connectivity index (χ3v) is 5.71. The van der Waals surface area contributed by atoms with E-state index in [1.165, 1.54) is 30.3 Å². The summed E-state index contributed by atoms with van der Waals surface area (Å²) in [6.45, 7) is 1.36. The summed E-state index contributed by atoms with van der Waals surface area (Å²) in [7, 11) is 0. The number of rotatable bonds is 9. The summed E-state index contributed by atoms with van der Waals surface area (Å²) in [5.41, 5.74) is 0.862. The van der Waals surface area contributed by atoms with Gasteiger partial charge in [0.25, 0.3) is 23.4 Å². The zero-order valence-corrected chi connectivity index (χ0v) is 21.0. The van der Waals surface area contributed by atoms with Crippen molar-refractivity contribution < 1.29 is 38.4 Å². The molecule has 4 amide bonds. The van der Waals surface area contributed by atoms with Gasteiger partial charge in [-0.25, -0.2) is 4.79 Å². The van der Waals surface area contributed by atoms with Gasteiger partial charge in [0.05, 0.1) is 22.7 Å². The molecule has 0 unspecified atom stereocenters. The van der Waals surface area contributed by atoms with Gasteiger partial charge in [-0.15, -0.1) is 0 Å². The van der Waals surface area contributed by atoms with E-state index in [9.17, 15) is 34.1 Å². The number of carbonyl (C=O) groups is 5. The Balaban J connectivity index is 1.32. The van der Waals surface area contributed by atoms with Gasteiger partial charge in [-0.05, 0) is 55.0 Å². The summed E-state index contributed by atoms with van der Waals surface area (Å²) in [6.07, 6.45) is -0.846. The van der Waals surface area contributed by atoms with E-state index in [0.29, 0.717) is 16.8 Å². The number of hydrogen-bond acceptors (Lipinski definition) is 9. The molecule has 0 atom stereocenters. The van der Waals surface area contributed by atoms with Crippen molar-refractivity contribution in [2.24, 2.45) is 0 Å². The molecule has 1 aliphatic heterocycles. The van der Waals surface area contributed by atoms with Gasteiger partial charge < -0.3 is 20.1 Å². The number of nitro benzene ring substituents is 1. The normalized spacial score (nSPS) is 12.0. The molecule has 1 aliphatic rings. The average molecular weight is 546 g/mol. The van der Waals surface area contributed by atoms with Crippen molar-refractivity contribution in [3.63, 3.8) is 0 Å². The van der Waals surface area contributed by atoms with E-state index < -0.39 is 35.3 Å². The molecule has 1 heterocycles. The van der Waals surface area contributed by atoms with Gasteiger partial charge in [-0.2, -0.15) is 0 Å². The predicted octanol–water partition coefficient (Wildman–Crippen LogP) is 3.29. The molecule has 0 aliphatic carbocycles. The topological polar surface area (TPSA) is 174 Å². The van der Waals surface area contributed by atoms with Crippen LogP contribution in [0.2, 0.25) is 0 Å². The standard InChI is InChI=1S/C27H22N4O9/c1-2-39-27(36)40-20-9-6-17(7-10-20)24(33)28-14-16-4-3-5-18(12-16)29-23(32)15-30-25(34)21-11-8-19(31(37)38)13-22(21)26(30)35/h3-13H,2,14-15H2,1H3,(H,28,33)(H,29,32). The first-order valence-electron chi connectivity index (χ1n) is 11.9. The van der Waals surface area contributed by atoms with Gasteiger partial charge in [0.15, 0.2) is 0 Å². The Morgan fingerprint density at radius 2 is 1.68 bits per heavy atom. The second kappa shape index (κ2) is 11.9. The monoisotopic (exact) mass is 546 g/mol. The smallest absolute Gasteiger partial charge is 0.434 e. The number of fused-ring (bicyclic) bond motifs is 1. The van der Waals surface area contributed by atoms with E-state index in [0.717, 1.165) is 17.0 Å². The second-order valence-corrected chi connectivity index (χ2v) is 8.42. The zero-order valence-electron chi connectivity index (χ0n) is 21.0. The molecule has 0 spiro atoms. The lowest BCUT2D eigenvalue weighted by Gasteiger charge is -2.14. The number of carbonyl (C=O) groups excluding carboxylic acids is 5. The maximum absolute atomic E-state index is 12.6. The number of ether oxygens (including phenoxy) is 2.